The van der Waals surface area contributed by atoms with Gasteiger partial charge in [-0.15, -0.1) is 0 Å². The van der Waals surface area contributed by atoms with E-state index in [2.05, 4.69) is 0 Å². The number of anilines is 1. The number of carbonyl (C=O) groups is 1. The third-order valence-electron chi connectivity index (χ3n) is 3.18. The lowest BCUT2D eigenvalue weighted by atomic mass is 10.1. The molecule has 0 radical (unpaired) electrons. The van der Waals surface area contributed by atoms with Gasteiger partial charge in [-0.25, -0.2) is 0 Å². The number of amides is 1. The van der Waals surface area contributed by atoms with Crippen LogP contribution in [0.15, 0.2) is 18.2 Å². The van der Waals surface area contributed by atoms with Gasteiger partial charge in [-0.2, -0.15) is 0 Å². The number of nitro benzene ring substituents is 1. The van der Waals surface area contributed by atoms with Gasteiger partial charge in [0.25, 0.3) is 5.91 Å². The van der Waals surface area contributed by atoms with Crippen molar-refractivity contribution in [1.29, 1.82) is 0 Å². The van der Waals surface area contributed by atoms with Crippen molar-refractivity contribution in [2.45, 2.75) is 13.3 Å². The predicted molar refractivity (Wildman–Crippen MR) is 82.3 cm³/mol. The summed E-state index contributed by atoms with van der Waals surface area (Å²) in [6.45, 7) is 3.76. The van der Waals surface area contributed by atoms with E-state index in [0.717, 1.165) is 13.0 Å². The minimum absolute atomic E-state index is 0.00944. The number of nitrogens with two attached hydrogens (primary N) is 1. The number of rotatable bonds is 7. The fourth-order valence-corrected chi connectivity index (χ4v) is 2.09. The normalized spacial score (nSPS) is 10.7. The van der Waals surface area contributed by atoms with Crippen LogP contribution in [0.3, 0.4) is 0 Å². The first kappa shape index (κ1) is 16.9. The zero-order valence-electron chi connectivity index (χ0n) is 12.7. The van der Waals surface area contributed by atoms with Gasteiger partial charge in [0.15, 0.2) is 0 Å². The van der Waals surface area contributed by atoms with Crippen molar-refractivity contribution in [3.8, 4) is 0 Å². The highest BCUT2D eigenvalue weighted by Gasteiger charge is 2.26. The van der Waals surface area contributed by atoms with E-state index < -0.39 is 4.92 Å². The number of hydrogen-bond acceptors (Lipinski definition) is 5. The molecular weight excluding hydrogens is 272 g/mol. The Hall–Kier alpha value is -2.15. The summed E-state index contributed by atoms with van der Waals surface area (Å²) in [4.78, 5) is 26.6. The molecule has 0 saturated carbocycles. The van der Waals surface area contributed by atoms with E-state index >= 15 is 0 Å². The zero-order chi connectivity index (χ0) is 16.0. The van der Waals surface area contributed by atoms with Crippen LogP contribution in [-0.2, 0) is 0 Å². The van der Waals surface area contributed by atoms with Crippen LogP contribution in [0.5, 0.6) is 0 Å². The monoisotopic (exact) mass is 294 g/mol. The van der Waals surface area contributed by atoms with Crippen molar-refractivity contribution in [2.24, 2.45) is 0 Å². The molecule has 0 fully saturated rings. The van der Waals surface area contributed by atoms with Crippen LogP contribution >= 0.6 is 0 Å². The molecule has 1 aromatic carbocycles. The first-order chi connectivity index (χ1) is 9.88. The van der Waals surface area contributed by atoms with Crippen LogP contribution in [0.1, 0.15) is 23.7 Å². The van der Waals surface area contributed by atoms with E-state index in [-0.39, 0.29) is 22.8 Å². The lowest BCUT2D eigenvalue weighted by Crippen LogP contribution is -2.33. The summed E-state index contributed by atoms with van der Waals surface area (Å²) in [6.07, 6.45) is 0.808. The summed E-state index contributed by atoms with van der Waals surface area (Å²) in [5, 5.41) is 11.1. The summed E-state index contributed by atoms with van der Waals surface area (Å²) in [5.41, 5.74) is 5.37. The maximum Gasteiger partial charge on any atom is 0.304 e. The van der Waals surface area contributed by atoms with Crippen molar-refractivity contribution in [3.63, 3.8) is 0 Å². The standard InChI is InChI=1S/C14H22N4O3/c1-4-17(10-6-9-16(2)3)14(19)11-7-5-8-12(15)13(11)18(20)21/h5,7-8H,4,6,9-10,15H2,1-3H3. The van der Waals surface area contributed by atoms with Gasteiger partial charge < -0.3 is 15.5 Å². The predicted octanol–water partition coefficient (Wildman–Crippen LogP) is 1.59. The third-order valence-corrected chi connectivity index (χ3v) is 3.18. The van der Waals surface area contributed by atoms with E-state index in [1.54, 1.807) is 11.0 Å². The first-order valence-corrected chi connectivity index (χ1v) is 6.85. The minimum Gasteiger partial charge on any atom is -0.393 e. The number of nitrogens with zero attached hydrogens (tertiary/aromatic N) is 3. The summed E-state index contributed by atoms with van der Waals surface area (Å²) in [6, 6.07) is 4.44. The maximum absolute atomic E-state index is 12.5. The maximum atomic E-state index is 12.5. The van der Waals surface area contributed by atoms with Crippen LogP contribution in [0.2, 0.25) is 0 Å². The SMILES string of the molecule is CCN(CCCN(C)C)C(=O)c1cccc(N)c1[N+](=O)[O-]. The Morgan fingerprint density at radius 3 is 2.52 bits per heavy atom. The van der Waals surface area contributed by atoms with Gasteiger partial charge in [0.1, 0.15) is 11.3 Å². The average Bonchev–Trinajstić information content (AvgIpc) is 2.42. The van der Waals surface area contributed by atoms with Gasteiger partial charge in [0.05, 0.1) is 4.92 Å². The zero-order valence-corrected chi connectivity index (χ0v) is 12.7. The van der Waals surface area contributed by atoms with Crippen molar-refractivity contribution >= 4 is 17.3 Å². The Morgan fingerprint density at radius 1 is 1.33 bits per heavy atom. The Morgan fingerprint density at radius 2 is 2.00 bits per heavy atom. The molecule has 0 atom stereocenters. The summed E-state index contributed by atoms with van der Waals surface area (Å²) in [7, 11) is 3.92. The van der Waals surface area contributed by atoms with Crippen LogP contribution in [0.25, 0.3) is 0 Å². The Labute approximate surface area is 124 Å². The van der Waals surface area contributed by atoms with E-state index in [1.807, 2.05) is 25.9 Å². The fourth-order valence-electron chi connectivity index (χ4n) is 2.09. The lowest BCUT2D eigenvalue weighted by Gasteiger charge is -2.22. The molecule has 0 aliphatic heterocycles. The smallest absolute Gasteiger partial charge is 0.304 e. The molecule has 116 valence electrons. The number of hydrogen-bond donors (Lipinski definition) is 1. The number of nitrogen functional groups attached to an aromatic ring is 1. The lowest BCUT2D eigenvalue weighted by molar-refractivity contribution is -0.384. The van der Waals surface area contributed by atoms with Crippen molar-refractivity contribution in [3.05, 3.63) is 33.9 Å². The molecule has 0 aliphatic carbocycles. The Balaban J connectivity index is 2.95. The largest absolute Gasteiger partial charge is 0.393 e. The van der Waals surface area contributed by atoms with E-state index in [9.17, 15) is 14.9 Å². The van der Waals surface area contributed by atoms with Crippen molar-refractivity contribution in [2.75, 3.05) is 39.5 Å². The molecule has 2 N–H and O–H groups in total. The highest BCUT2D eigenvalue weighted by atomic mass is 16.6. The number of carbonyl (C=O) groups excluding carboxylic acids is 1. The molecule has 0 spiro atoms. The molecule has 0 heterocycles. The third kappa shape index (κ3) is 4.42. The van der Waals surface area contributed by atoms with Gasteiger partial charge in [-0.3, -0.25) is 14.9 Å². The van der Waals surface area contributed by atoms with Crippen LogP contribution in [-0.4, -0.2) is 54.4 Å². The van der Waals surface area contributed by atoms with Crippen LogP contribution in [0.4, 0.5) is 11.4 Å². The molecule has 0 unspecified atom stereocenters. The molecule has 1 amide bonds. The quantitative estimate of drug-likeness (QED) is 0.468. The molecule has 0 bridgehead atoms. The molecule has 7 nitrogen and oxygen atoms in total. The molecule has 21 heavy (non-hydrogen) atoms. The number of benzene rings is 1. The van der Waals surface area contributed by atoms with Gasteiger partial charge >= 0.3 is 5.69 Å². The van der Waals surface area contributed by atoms with Gasteiger partial charge in [-0.1, -0.05) is 6.07 Å². The second-order valence-electron chi connectivity index (χ2n) is 5.04. The van der Waals surface area contributed by atoms with Gasteiger partial charge in [-0.05, 0) is 46.1 Å². The average molecular weight is 294 g/mol. The molecule has 7 heteroatoms. The summed E-state index contributed by atoms with van der Waals surface area (Å²) >= 11 is 0. The van der Waals surface area contributed by atoms with E-state index in [0.29, 0.717) is 13.1 Å². The molecule has 1 rings (SSSR count). The summed E-state index contributed by atoms with van der Waals surface area (Å²) in [5.74, 6) is -0.352. The second-order valence-corrected chi connectivity index (χ2v) is 5.04. The topological polar surface area (TPSA) is 92.7 Å². The van der Waals surface area contributed by atoms with Gasteiger partial charge in [0.2, 0.25) is 0 Å². The molecule has 0 saturated heterocycles. The second kappa shape index (κ2) is 7.58. The van der Waals surface area contributed by atoms with Crippen LogP contribution in [0, 0.1) is 10.1 Å². The highest BCUT2D eigenvalue weighted by Crippen LogP contribution is 2.27. The Kier molecular flexibility index (Phi) is 6.10. The fraction of sp³-hybridized carbons (Fsp3) is 0.500. The summed E-state index contributed by atoms with van der Waals surface area (Å²) < 4.78 is 0. The van der Waals surface area contributed by atoms with Crippen molar-refractivity contribution < 1.29 is 9.72 Å². The number of para-hydroxylation sites is 1. The van der Waals surface area contributed by atoms with Crippen molar-refractivity contribution in [1.82, 2.24) is 9.80 Å². The molecule has 0 aromatic heterocycles. The van der Waals surface area contributed by atoms with E-state index in [4.69, 9.17) is 5.73 Å². The van der Waals surface area contributed by atoms with Crippen LogP contribution < -0.4 is 5.73 Å². The number of nitro groups is 1. The van der Waals surface area contributed by atoms with Gasteiger partial charge in [0, 0.05) is 13.1 Å². The molecule has 1 aromatic rings. The first-order valence-electron chi connectivity index (χ1n) is 6.85. The molecular formula is C14H22N4O3. The molecule has 0 aliphatic rings. The Bertz CT molecular complexity index is 517. The minimum atomic E-state index is -0.601. The highest BCUT2D eigenvalue weighted by molar-refractivity contribution is 6.00. The van der Waals surface area contributed by atoms with E-state index in [1.165, 1.54) is 12.1 Å².